The summed E-state index contributed by atoms with van der Waals surface area (Å²) >= 11 is 0. The third kappa shape index (κ3) is 6.61. The lowest BCUT2D eigenvalue weighted by Gasteiger charge is -2.33. The number of aliphatic imine (C=N–C) groups is 1. The van der Waals surface area contributed by atoms with Gasteiger partial charge in [-0.2, -0.15) is 0 Å². The Morgan fingerprint density at radius 1 is 1.19 bits per heavy atom. The first-order valence-corrected chi connectivity index (χ1v) is 10.3. The summed E-state index contributed by atoms with van der Waals surface area (Å²) in [6.07, 6.45) is 6.10. The average molecular weight is 375 g/mol. The highest BCUT2D eigenvalue weighted by atomic mass is 16.5. The zero-order valence-electron chi connectivity index (χ0n) is 16.7. The number of hydrogen-bond acceptors (Lipinski definition) is 4. The second-order valence-corrected chi connectivity index (χ2v) is 7.33. The van der Waals surface area contributed by atoms with Gasteiger partial charge in [0.15, 0.2) is 5.96 Å². The van der Waals surface area contributed by atoms with Crippen molar-refractivity contribution in [3.8, 4) is 11.5 Å². The molecule has 0 radical (unpaired) electrons. The summed E-state index contributed by atoms with van der Waals surface area (Å²) in [5.74, 6) is 2.59. The van der Waals surface area contributed by atoms with E-state index in [1.54, 1.807) is 7.11 Å². The van der Waals surface area contributed by atoms with E-state index in [1.807, 2.05) is 24.3 Å². The minimum atomic E-state index is 0.533. The largest absolute Gasteiger partial charge is 0.497 e. The van der Waals surface area contributed by atoms with E-state index in [4.69, 9.17) is 14.5 Å². The van der Waals surface area contributed by atoms with Gasteiger partial charge in [0.1, 0.15) is 11.5 Å². The quantitative estimate of drug-likeness (QED) is 0.395. The predicted molar refractivity (Wildman–Crippen MR) is 110 cm³/mol. The molecule has 6 nitrogen and oxygen atoms in total. The molecule has 3 rings (SSSR count). The molecule has 1 saturated carbocycles. The van der Waals surface area contributed by atoms with E-state index in [1.165, 1.54) is 38.8 Å². The number of methoxy groups -OCH3 is 1. The lowest BCUT2D eigenvalue weighted by atomic mass is 10.1. The minimum Gasteiger partial charge on any atom is -0.497 e. The number of nitrogens with one attached hydrogen (secondary N) is 2. The Kier molecular flexibility index (Phi) is 7.63. The van der Waals surface area contributed by atoms with E-state index in [2.05, 4.69) is 22.5 Å². The topological polar surface area (TPSA) is 58.1 Å². The lowest BCUT2D eigenvalue weighted by Crippen LogP contribution is -2.49. The Labute approximate surface area is 163 Å². The first kappa shape index (κ1) is 19.8. The Morgan fingerprint density at radius 3 is 2.67 bits per heavy atom. The van der Waals surface area contributed by atoms with Crippen LogP contribution in [0.3, 0.4) is 0 Å². The summed E-state index contributed by atoms with van der Waals surface area (Å²) in [7, 11) is 1.67. The first-order valence-electron chi connectivity index (χ1n) is 10.3. The maximum absolute atomic E-state index is 5.78. The fourth-order valence-corrected chi connectivity index (χ4v) is 3.50. The van der Waals surface area contributed by atoms with Crippen molar-refractivity contribution in [1.82, 2.24) is 15.5 Å². The number of benzene rings is 1. The molecule has 2 N–H and O–H groups in total. The van der Waals surface area contributed by atoms with Gasteiger partial charge in [0.25, 0.3) is 0 Å². The summed E-state index contributed by atoms with van der Waals surface area (Å²) in [6, 6.07) is 9.13. The van der Waals surface area contributed by atoms with E-state index in [0.717, 1.165) is 43.0 Å². The van der Waals surface area contributed by atoms with Crippen LogP contribution in [0.25, 0.3) is 0 Å². The molecule has 0 bridgehead atoms. The molecular formula is C21H34N4O2. The molecule has 6 heteroatoms. The zero-order chi connectivity index (χ0) is 18.9. The second-order valence-electron chi connectivity index (χ2n) is 7.33. The Hall–Kier alpha value is -1.95. The number of guanidine groups is 1. The molecule has 1 saturated heterocycles. The molecule has 1 aromatic carbocycles. The van der Waals surface area contributed by atoms with E-state index in [0.29, 0.717) is 12.6 Å². The molecule has 0 atom stereocenters. The summed E-state index contributed by atoms with van der Waals surface area (Å²) in [5, 5.41) is 6.98. The predicted octanol–water partition coefficient (Wildman–Crippen LogP) is 2.65. The average Bonchev–Trinajstić information content (AvgIpc) is 3.54. The van der Waals surface area contributed by atoms with Gasteiger partial charge < -0.3 is 25.0 Å². The third-order valence-corrected chi connectivity index (χ3v) is 5.16. The second kappa shape index (κ2) is 10.4. The smallest absolute Gasteiger partial charge is 0.191 e. The zero-order valence-corrected chi connectivity index (χ0v) is 16.7. The Bertz CT molecular complexity index is 596. The molecule has 0 aromatic heterocycles. The fourth-order valence-electron chi connectivity index (χ4n) is 3.50. The molecule has 27 heavy (non-hydrogen) atoms. The van der Waals surface area contributed by atoms with Crippen LogP contribution < -0.4 is 20.1 Å². The molecule has 0 amide bonds. The molecule has 150 valence electrons. The molecule has 1 aliphatic heterocycles. The van der Waals surface area contributed by atoms with Crippen LogP contribution in [0, 0.1) is 0 Å². The number of ether oxygens (including phenoxy) is 2. The number of likely N-dealkylation sites (tertiary alicyclic amines) is 1. The van der Waals surface area contributed by atoms with Gasteiger partial charge in [-0.15, -0.1) is 0 Å². The number of piperidine rings is 1. The Morgan fingerprint density at radius 2 is 1.96 bits per heavy atom. The maximum atomic E-state index is 5.78. The van der Waals surface area contributed by atoms with Crippen LogP contribution in [-0.2, 0) is 0 Å². The van der Waals surface area contributed by atoms with Crippen molar-refractivity contribution in [2.24, 2.45) is 4.99 Å². The van der Waals surface area contributed by atoms with Gasteiger partial charge in [0.2, 0.25) is 0 Å². The normalized spacial score (nSPS) is 19.0. The van der Waals surface area contributed by atoms with Gasteiger partial charge in [-0.3, -0.25) is 4.99 Å². The van der Waals surface area contributed by atoms with Crippen LogP contribution in [0.4, 0.5) is 0 Å². The number of rotatable bonds is 9. The molecular weight excluding hydrogens is 340 g/mol. The monoisotopic (exact) mass is 374 g/mol. The van der Waals surface area contributed by atoms with Crippen LogP contribution >= 0.6 is 0 Å². The van der Waals surface area contributed by atoms with Gasteiger partial charge in [-0.05, 0) is 44.7 Å². The van der Waals surface area contributed by atoms with Crippen molar-refractivity contribution in [3.05, 3.63) is 24.3 Å². The summed E-state index contributed by atoms with van der Waals surface area (Å²) < 4.78 is 11.0. The van der Waals surface area contributed by atoms with E-state index in [-0.39, 0.29) is 0 Å². The van der Waals surface area contributed by atoms with Crippen molar-refractivity contribution in [2.75, 3.05) is 39.9 Å². The van der Waals surface area contributed by atoms with Crippen molar-refractivity contribution >= 4 is 5.96 Å². The molecule has 0 spiro atoms. The van der Waals surface area contributed by atoms with Gasteiger partial charge in [0, 0.05) is 50.7 Å². The highest BCUT2D eigenvalue weighted by molar-refractivity contribution is 5.80. The highest BCUT2D eigenvalue weighted by Gasteiger charge is 2.31. The summed E-state index contributed by atoms with van der Waals surface area (Å²) in [5.41, 5.74) is 0. The van der Waals surface area contributed by atoms with Crippen LogP contribution in [0.1, 0.15) is 39.0 Å². The molecule has 1 aliphatic carbocycles. The molecule has 1 heterocycles. The van der Waals surface area contributed by atoms with Gasteiger partial charge in [-0.1, -0.05) is 6.07 Å². The van der Waals surface area contributed by atoms with Gasteiger partial charge >= 0.3 is 0 Å². The van der Waals surface area contributed by atoms with Crippen molar-refractivity contribution in [1.29, 1.82) is 0 Å². The van der Waals surface area contributed by atoms with Gasteiger partial charge in [-0.25, -0.2) is 0 Å². The summed E-state index contributed by atoms with van der Waals surface area (Å²) in [6.45, 7) is 6.83. The maximum Gasteiger partial charge on any atom is 0.191 e. The van der Waals surface area contributed by atoms with E-state index < -0.39 is 0 Å². The highest BCUT2D eigenvalue weighted by Crippen LogP contribution is 2.29. The number of hydrogen-bond donors (Lipinski definition) is 2. The van der Waals surface area contributed by atoms with Crippen LogP contribution in [0.2, 0.25) is 0 Å². The summed E-state index contributed by atoms with van der Waals surface area (Å²) in [4.78, 5) is 7.37. The third-order valence-electron chi connectivity index (χ3n) is 5.16. The standard InChI is InChI=1S/C21H34N4O2/c1-3-22-21(24-17-10-13-25(14-11-17)18-8-9-18)23-12-5-15-27-20-7-4-6-19(16-20)26-2/h4,6-7,16-18H,3,5,8-15H2,1-2H3,(H2,22,23,24). The molecule has 2 fully saturated rings. The fraction of sp³-hybridized carbons (Fsp3) is 0.667. The van der Waals surface area contributed by atoms with Crippen molar-refractivity contribution < 1.29 is 9.47 Å². The molecule has 1 aromatic rings. The number of nitrogens with zero attached hydrogens (tertiary/aromatic N) is 2. The minimum absolute atomic E-state index is 0.533. The molecule has 2 aliphatic rings. The Balaban J connectivity index is 1.36. The molecule has 0 unspecified atom stereocenters. The first-order chi connectivity index (χ1) is 13.3. The lowest BCUT2D eigenvalue weighted by molar-refractivity contribution is 0.197. The van der Waals surface area contributed by atoms with Crippen molar-refractivity contribution in [2.45, 2.75) is 51.1 Å². The van der Waals surface area contributed by atoms with Crippen LogP contribution in [-0.4, -0.2) is 62.8 Å². The van der Waals surface area contributed by atoms with E-state index >= 15 is 0 Å². The van der Waals surface area contributed by atoms with Crippen LogP contribution in [0.5, 0.6) is 11.5 Å². The van der Waals surface area contributed by atoms with Gasteiger partial charge in [0.05, 0.1) is 13.7 Å². The van der Waals surface area contributed by atoms with Crippen LogP contribution in [0.15, 0.2) is 29.3 Å². The van der Waals surface area contributed by atoms with Crippen molar-refractivity contribution in [3.63, 3.8) is 0 Å². The SMILES string of the molecule is CCNC(=NCCCOc1cccc(OC)c1)NC1CCN(C2CC2)CC1. The van der Waals surface area contributed by atoms with E-state index in [9.17, 15) is 0 Å².